The van der Waals surface area contributed by atoms with Crippen molar-refractivity contribution in [2.45, 2.75) is 58.5 Å². The largest absolute Gasteiger partial charge is 0.494 e. The number of hydrogen-bond acceptors (Lipinski definition) is 8. The van der Waals surface area contributed by atoms with E-state index in [0.717, 1.165) is 80.0 Å². The van der Waals surface area contributed by atoms with Crippen LogP contribution in [0.2, 0.25) is 0 Å². The molecule has 0 spiro atoms. The number of anilines is 1. The van der Waals surface area contributed by atoms with Crippen molar-refractivity contribution in [1.29, 1.82) is 0 Å². The Kier molecular flexibility index (Phi) is 10.1. The molecule has 1 aliphatic carbocycles. The third-order valence-electron chi connectivity index (χ3n) is 8.74. The molecule has 3 aromatic rings. The summed E-state index contributed by atoms with van der Waals surface area (Å²) in [5, 5.41) is 5.55. The zero-order valence-electron chi connectivity index (χ0n) is 26.1. The highest BCUT2D eigenvalue weighted by atomic mass is 16.5. The first-order valence-electron chi connectivity index (χ1n) is 15.7. The zero-order valence-corrected chi connectivity index (χ0v) is 26.1. The van der Waals surface area contributed by atoms with Gasteiger partial charge in [0, 0.05) is 57.6 Å². The smallest absolute Gasteiger partial charge is 0.225 e. The molecule has 2 fully saturated rings. The second-order valence-corrected chi connectivity index (χ2v) is 11.9. The minimum Gasteiger partial charge on any atom is -0.494 e. The Morgan fingerprint density at radius 2 is 1.77 bits per heavy atom. The maximum atomic E-state index is 13.5. The molecular weight excluding hydrogens is 544 g/mol. The standard InChI is InChI=1S/C32H46N8O3/c1-5-29(41)39(19-14-36(3)4)26-12-10-25(11-13-26)32(42)38-17-15-37(16-18-38)30-28-21-35-40(31(28)34-23-33-30)22-24-8-7-9-27(20-24)43-6-2/h7-9,20-21,23,25-26H,5-6,10-19,22H2,1-4H3. The summed E-state index contributed by atoms with van der Waals surface area (Å²) in [6, 6.07) is 8.29. The van der Waals surface area contributed by atoms with E-state index in [9.17, 15) is 9.59 Å². The quantitative estimate of drug-likeness (QED) is 0.336. The average molecular weight is 591 g/mol. The van der Waals surface area contributed by atoms with E-state index in [0.29, 0.717) is 32.7 Å². The van der Waals surface area contributed by atoms with Gasteiger partial charge in [-0.25, -0.2) is 14.6 Å². The van der Waals surface area contributed by atoms with Gasteiger partial charge in [0.2, 0.25) is 11.8 Å². The lowest BCUT2D eigenvalue weighted by atomic mass is 9.84. The number of likely N-dealkylation sites (N-methyl/N-ethyl adjacent to an activating group) is 1. The predicted molar refractivity (Wildman–Crippen MR) is 167 cm³/mol. The first kappa shape index (κ1) is 30.7. The summed E-state index contributed by atoms with van der Waals surface area (Å²) in [5.41, 5.74) is 1.89. The number of nitrogens with zero attached hydrogens (tertiary/aromatic N) is 8. The van der Waals surface area contributed by atoms with E-state index in [-0.39, 0.29) is 23.8 Å². The number of aromatic nitrogens is 4. The normalized spacial score (nSPS) is 19.2. The van der Waals surface area contributed by atoms with Crippen LogP contribution < -0.4 is 9.64 Å². The fraction of sp³-hybridized carbons (Fsp3) is 0.594. The molecule has 1 saturated carbocycles. The van der Waals surface area contributed by atoms with Gasteiger partial charge in [0.15, 0.2) is 5.65 Å². The van der Waals surface area contributed by atoms with Crippen molar-refractivity contribution in [3.8, 4) is 5.75 Å². The number of hydrogen-bond donors (Lipinski definition) is 0. The number of piperazine rings is 1. The maximum Gasteiger partial charge on any atom is 0.225 e. The number of carbonyl (C=O) groups is 2. The van der Waals surface area contributed by atoms with Crippen LogP contribution in [0.4, 0.5) is 5.82 Å². The Morgan fingerprint density at radius 3 is 2.47 bits per heavy atom. The van der Waals surface area contributed by atoms with Crippen LogP contribution in [0.15, 0.2) is 36.8 Å². The van der Waals surface area contributed by atoms with E-state index in [1.807, 2.05) is 61.9 Å². The van der Waals surface area contributed by atoms with E-state index in [4.69, 9.17) is 4.74 Å². The Morgan fingerprint density at radius 1 is 1.00 bits per heavy atom. The summed E-state index contributed by atoms with van der Waals surface area (Å²) in [6.07, 6.45) is 7.46. The molecule has 1 aromatic carbocycles. The van der Waals surface area contributed by atoms with Crippen LogP contribution in [0.3, 0.4) is 0 Å². The summed E-state index contributed by atoms with van der Waals surface area (Å²) >= 11 is 0. The lowest BCUT2D eigenvalue weighted by Gasteiger charge is -2.40. The van der Waals surface area contributed by atoms with Gasteiger partial charge in [-0.15, -0.1) is 0 Å². The van der Waals surface area contributed by atoms with Crippen LogP contribution >= 0.6 is 0 Å². The summed E-state index contributed by atoms with van der Waals surface area (Å²) in [6.45, 7) is 9.52. The SMILES string of the molecule is CCOc1cccc(Cn2ncc3c(N4CCN(C(=O)C5CCC(N(CCN(C)C)C(=O)CC)CC5)CC4)ncnc32)c1. The van der Waals surface area contributed by atoms with Crippen molar-refractivity contribution in [2.24, 2.45) is 5.92 Å². The van der Waals surface area contributed by atoms with Crippen molar-refractivity contribution < 1.29 is 14.3 Å². The predicted octanol–water partition coefficient (Wildman–Crippen LogP) is 3.28. The molecule has 232 valence electrons. The molecule has 0 bridgehead atoms. The first-order valence-corrected chi connectivity index (χ1v) is 15.7. The van der Waals surface area contributed by atoms with Crippen molar-refractivity contribution in [3.63, 3.8) is 0 Å². The van der Waals surface area contributed by atoms with Crippen molar-refractivity contribution in [3.05, 3.63) is 42.4 Å². The average Bonchev–Trinajstić information content (AvgIpc) is 3.44. The van der Waals surface area contributed by atoms with E-state index in [1.54, 1.807) is 6.33 Å². The van der Waals surface area contributed by atoms with E-state index in [1.165, 1.54) is 0 Å². The van der Waals surface area contributed by atoms with E-state index in [2.05, 4.69) is 35.8 Å². The molecular formula is C32H46N8O3. The van der Waals surface area contributed by atoms with Gasteiger partial charge in [-0.3, -0.25) is 9.59 Å². The van der Waals surface area contributed by atoms with Gasteiger partial charge in [-0.1, -0.05) is 19.1 Å². The zero-order chi connectivity index (χ0) is 30.3. The second kappa shape index (κ2) is 14.2. The van der Waals surface area contributed by atoms with E-state index < -0.39 is 0 Å². The highest BCUT2D eigenvalue weighted by Crippen LogP contribution is 2.31. The molecule has 0 radical (unpaired) electrons. The summed E-state index contributed by atoms with van der Waals surface area (Å²) in [7, 11) is 4.07. The van der Waals surface area contributed by atoms with Crippen LogP contribution in [0.1, 0.15) is 51.5 Å². The van der Waals surface area contributed by atoms with Crippen LogP contribution in [-0.4, -0.2) is 112 Å². The lowest BCUT2D eigenvalue weighted by molar-refractivity contribution is -0.138. The first-order chi connectivity index (χ1) is 20.9. The molecule has 2 aliphatic rings. The van der Waals surface area contributed by atoms with Crippen molar-refractivity contribution in [2.75, 3.05) is 64.9 Å². The Bertz CT molecular complexity index is 1380. The van der Waals surface area contributed by atoms with Gasteiger partial charge < -0.3 is 24.3 Å². The summed E-state index contributed by atoms with van der Waals surface area (Å²) < 4.78 is 7.55. The molecule has 3 heterocycles. The molecule has 1 aliphatic heterocycles. The lowest BCUT2D eigenvalue weighted by Crippen LogP contribution is -2.52. The molecule has 5 rings (SSSR count). The number of carbonyl (C=O) groups excluding carboxylic acids is 2. The molecule has 0 atom stereocenters. The van der Waals surface area contributed by atoms with Crippen LogP contribution in [0.25, 0.3) is 11.0 Å². The van der Waals surface area contributed by atoms with E-state index >= 15 is 0 Å². The molecule has 0 N–H and O–H groups in total. The van der Waals surface area contributed by atoms with Gasteiger partial charge in [0.1, 0.15) is 17.9 Å². The minimum absolute atomic E-state index is 0.0421. The van der Waals surface area contributed by atoms with Crippen LogP contribution in [-0.2, 0) is 16.1 Å². The van der Waals surface area contributed by atoms with Gasteiger partial charge >= 0.3 is 0 Å². The monoisotopic (exact) mass is 590 g/mol. The number of amides is 2. The number of benzene rings is 1. The molecule has 11 heteroatoms. The van der Waals surface area contributed by atoms with Crippen molar-refractivity contribution in [1.82, 2.24) is 34.4 Å². The van der Waals surface area contributed by atoms with Crippen molar-refractivity contribution >= 4 is 28.7 Å². The fourth-order valence-electron chi connectivity index (χ4n) is 6.37. The van der Waals surface area contributed by atoms with Gasteiger partial charge in [0.05, 0.1) is 24.7 Å². The fourth-order valence-corrected chi connectivity index (χ4v) is 6.37. The Balaban J connectivity index is 1.17. The van der Waals surface area contributed by atoms with Crippen LogP contribution in [0, 0.1) is 5.92 Å². The summed E-state index contributed by atoms with van der Waals surface area (Å²) in [4.78, 5) is 43.8. The van der Waals surface area contributed by atoms with Crippen LogP contribution in [0.5, 0.6) is 5.75 Å². The minimum atomic E-state index is 0.0421. The number of fused-ring (bicyclic) bond motifs is 1. The molecule has 1 saturated heterocycles. The molecule has 2 amide bonds. The molecule has 11 nitrogen and oxygen atoms in total. The molecule has 43 heavy (non-hydrogen) atoms. The molecule has 0 unspecified atom stereocenters. The second-order valence-electron chi connectivity index (χ2n) is 11.9. The van der Waals surface area contributed by atoms with Gasteiger partial charge in [-0.2, -0.15) is 5.10 Å². The number of rotatable bonds is 11. The highest BCUT2D eigenvalue weighted by Gasteiger charge is 2.34. The topological polar surface area (TPSA) is 99.9 Å². The Labute approximate surface area is 254 Å². The highest BCUT2D eigenvalue weighted by molar-refractivity contribution is 5.87. The van der Waals surface area contributed by atoms with Gasteiger partial charge in [-0.05, 0) is 64.4 Å². The third kappa shape index (κ3) is 7.26. The maximum absolute atomic E-state index is 13.5. The third-order valence-corrected chi connectivity index (χ3v) is 8.74. The molecule has 2 aromatic heterocycles. The Hall–Kier alpha value is -3.73. The number of ether oxygens (including phenoxy) is 1. The summed E-state index contributed by atoms with van der Waals surface area (Å²) in [5.74, 6) is 2.23. The van der Waals surface area contributed by atoms with Gasteiger partial charge in [0.25, 0.3) is 0 Å².